The first-order valence-electron chi connectivity index (χ1n) is 7.93. The molecule has 0 radical (unpaired) electrons. The second-order valence-corrected chi connectivity index (χ2v) is 7.88. The number of Topliss-reactive ketones (excluding diaryl/α,β-unsaturated/α-hetero) is 1. The summed E-state index contributed by atoms with van der Waals surface area (Å²) in [4.78, 5) is 11.4. The lowest BCUT2D eigenvalue weighted by molar-refractivity contribution is -0.117. The molecule has 0 aromatic carbocycles. The number of rotatable bonds is 3. The van der Waals surface area contributed by atoms with E-state index in [4.69, 9.17) is 0 Å². The van der Waals surface area contributed by atoms with Crippen LogP contribution < -0.4 is 0 Å². The van der Waals surface area contributed by atoms with E-state index in [2.05, 4.69) is 33.8 Å². The van der Waals surface area contributed by atoms with Gasteiger partial charge in [-0.05, 0) is 62.2 Å². The Bertz CT molecular complexity index is 390. The lowest BCUT2D eigenvalue weighted by atomic mass is 9.48. The molecular weight excluding hydrogens is 232 g/mol. The molecular formula is C18H30O. The maximum Gasteiger partial charge on any atom is 0.129 e. The SMILES string of the molecule is CC(=O)CCC1C(C)=CC[C@H]2C(C)(C)CCC[C@]12C. The van der Waals surface area contributed by atoms with Crippen molar-refractivity contribution in [3.05, 3.63) is 11.6 Å². The van der Waals surface area contributed by atoms with Crippen molar-refractivity contribution < 1.29 is 4.79 Å². The van der Waals surface area contributed by atoms with E-state index in [-0.39, 0.29) is 0 Å². The van der Waals surface area contributed by atoms with Crippen LogP contribution in [-0.4, -0.2) is 5.78 Å². The van der Waals surface area contributed by atoms with Gasteiger partial charge in [0.25, 0.3) is 0 Å². The molecule has 0 amide bonds. The van der Waals surface area contributed by atoms with Crippen molar-refractivity contribution in [2.75, 3.05) is 0 Å². The highest BCUT2D eigenvalue weighted by atomic mass is 16.1. The van der Waals surface area contributed by atoms with Crippen LogP contribution in [0.2, 0.25) is 0 Å². The third-order valence-corrected chi connectivity index (χ3v) is 6.08. The molecule has 0 heterocycles. The number of hydrogen-bond donors (Lipinski definition) is 0. The fourth-order valence-electron chi connectivity index (χ4n) is 5.04. The molecule has 1 saturated carbocycles. The van der Waals surface area contributed by atoms with Gasteiger partial charge in [0.05, 0.1) is 0 Å². The van der Waals surface area contributed by atoms with E-state index in [0.717, 1.165) is 18.8 Å². The Kier molecular flexibility index (Phi) is 3.95. The van der Waals surface area contributed by atoms with E-state index in [9.17, 15) is 4.79 Å². The summed E-state index contributed by atoms with van der Waals surface area (Å²) in [6.45, 7) is 11.4. The molecule has 3 atom stereocenters. The van der Waals surface area contributed by atoms with Crippen molar-refractivity contribution in [3.63, 3.8) is 0 Å². The molecule has 0 bridgehead atoms. The topological polar surface area (TPSA) is 17.1 Å². The number of ketones is 1. The Morgan fingerprint density at radius 2 is 2.00 bits per heavy atom. The van der Waals surface area contributed by atoms with Gasteiger partial charge in [-0.15, -0.1) is 0 Å². The van der Waals surface area contributed by atoms with Crippen LogP contribution in [0.4, 0.5) is 0 Å². The minimum absolute atomic E-state index is 0.341. The second kappa shape index (κ2) is 5.07. The van der Waals surface area contributed by atoms with Crippen molar-refractivity contribution in [2.24, 2.45) is 22.7 Å². The molecule has 0 spiro atoms. The minimum Gasteiger partial charge on any atom is -0.300 e. The number of hydrogen-bond acceptors (Lipinski definition) is 1. The molecule has 0 aromatic rings. The molecule has 1 unspecified atom stereocenters. The third kappa shape index (κ3) is 2.66. The fourth-order valence-corrected chi connectivity index (χ4v) is 5.04. The molecule has 2 aliphatic rings. The normalized spacial score (nSPS) is 37.4. The smallest absolute Gasteiger partial charge is 0.129 e. The number of carbonyl (C=O) groups is 1. The van der Waals surface area contributed by atoms with E-state index < -0.39 is 0 Å². The second-order valence-electron chi connectivity index (χ2n) is 7.88. The zero-order chi connectivity index (χ0) is 14.3. The Balaban J connectivity index is 2.28. The van der Waals surface area contributed by atoms with Gasteiger partial charge in [0.1, 0.15) is 5.78 Å². The van der Waals surface area contributed by atoms with Crippen LogP contribution in [-0.2, 0) is 4.79 Å². The van der Waals surface area contributed by atoms with Gasteiger partial charge < -0.3 is 4.79 Å². The van der Waals surface area contributed by atoms with Crippen LogP contribution in [0.25, 0.3) is 0 Å². The Labute approximate surface area is 118 Å². The summed E-state index contributed by atoms with van der Waals surface area (Å²) in [6, 6.07) is 0. The minimum atomic E-state index is 0.341. The van der Waals surface area contributed by atoms with Gasteiger partial charge in [0.15, 0.2) is 0 Å². The summed E-state index contributed by atoms with van der Waals surface area (Å²) in [5.41, 5.74) is 2.41. The van der Waals surface area contributed by atoms with Gasteiger partial charge in [-0.25, -0.2) is 0 Å². The highest BCUT2D eigenvalue weighted by molar-refractivity contribution is 5.75. The third-order valence-electron chi connectivity index (χ3n) is 6.08. The van der Waals surface area contributed by atoms with Crippen LogP contribution in [0.1, 0.15) is 73.1 Å². The van der Waals surface area contributed by atoms with Gasteiger partial charge >= 0.3 is 0 Å². The first-order chi connectivity index (χ1) is 8.77. The van der Waals surface area contributed by atoms with E-state index in [0.29, 0.717) is 22.5 Å². The average Bonchev–Trinajstić information content (AvgIpc) is 2.26. The molecule has 0 aromatic heterocycles. The number of carbonyl (C=O) groups excluding carboxylic acids is 1. The Morgan fingerprint density at radius 3 is 2.63 bits per heavy atom. The van der Waals surface area contributed by atoms with Crippen molar-refractivity contribution >= 4 is 5.78 Å². The van der Waals surface area contributed by atoms with Crippen molar-refractivity contribution in [1.82, 2.24) is 0 Å². The van der Waals surface area contributed by atoms with Gasteiger partial charge in [0.2, 0.25) is 0 Å². The van der Waals surface area contributed by atoms with Crippen LogP contribution in [0.5, 0.6) is 0 Å². The van der Waals surface area contributed by atoms with E-state index >= 15 is 0 Å². The molecule has 2 aliphatic carbocycles. The first-order valence-corrected chi connectivity index (χ1v) is 7.93. The highest BCUT2D eigenvalue weighted by Gasteiger charge is 2.51. The van der Waals surface area contributed by atoms with Crippen LogP contribution in [0, 0.1) is 22.7 Å². The summed E-state index contributed by atoms with van der Waals surface area (Å²) in [7, 11) is 0. The molecule has 1 fully saturated rings. The molecule has 1 nitrogen and oxygen atoms in total. The van der Waals surface area contributed by atoms with Gasteiger partial charge in [-0.2, -0.15) is 0 Å². The Hall–Kier alpha value is -0.590. The summed E-state index contributed by atoms with van der Waals surface area (Å²) >= 11 is 0. The van der Waals surface area contributed by atoms with Gasteiger partial charge in [0, 0.05) is 6.42 Å². The zero-order valence-corrected chi connectivity index (χ0v) is 13.4. The summed E-state index contributed by atoms with van der Waals surface area (Å²) < 4.78 is 0. The number of allylic oxidation sites excluding steroid dienone is 2. The lowest BCUT2D eigenvalue weighted by Crippen LogP contribution is -2.48. The summed E-state index contributed by atoms with van der Waals surface area (Å²) in [6.07, 6.45) is 9.56. The molecule has 0 saturated heterocycles. The lowest BCUT2D eigenvalue weighted by Gasteiger charge is -2.57. The standard InChI is InChI=1S/C18H30O/c1-13-7-10-16-17(3,4)11-6-12-18(16,5)15(13)9-8-14(2)19/h7,15-16H,6,8-12H2,1-5H3/t15?,16-,18+/m0/s1. The van der Waals surface area contributed by atoms with Gasteiger partial charge in [-0.3, -0.25) is 0 Å². The fraction of sp³-hybridized carbons (Fsp3) is 0.833. The maximum atomic E-state index is 11.4. The first kappa shape index (κ1) is 14.8. The quantitative estimate of drug-likeness (QED) is 0.642. The zero-order valence-electron chi connectivity index (χ0n) is 13.4. The van der Waals surface area contributed by atoms with E-state index in [1.54, 1.807) is 6.92 Å². The predicted octanol–water partition coefficient (Wildman–Crippen LogP) is 5.15. The predicted molar refractivity (Wildman–Crippen MR) is 81.0 cm³/mol. The molecule has 0 aliphatic heterocycles. The Morgan fingerprint density at radius 1 is 1.32 bits per heavy atom. The largest absolute Gasteiger partial charge is 0.300 e. The van der Waals surface area contributed by atoms with E-state index in [1.807, 2.05) is 0 Å². The number of fused-ring (bicyclic) bond motifs is 1. The monoisotopic (exact) mass is 262 g/mol. The summed E-state index contributed by atoms with van der Waals surface area (Å²) in [5, 5.41) is 0. The van der Waals surface area contributed by atoms with Crippen LogP contribution >= 0.6 is 0 Å². The summed E-state index contributed by atoms with van der Waals surface area (Å²) in [5.74, 6) is 1.75. The van der Waals surface area contributed by atoms with Crippen molar-refractivity contribution in [1.29, 1.82) is 0 Å². The van der Waals surface area contributed by atoms with Crippen molar-refractivity contribution in [2.45, 2.75) is 73.1 Å². The molecule has 0 N–H and O–H groups in total. The molecule has 19 heavy (non-hydrogen) atoms. The van der Waals surface area contributed by atoms with E-state index in [1.165, 1.54) is 31.3 Å². The molecule has 108 valence electrons. The van der Waals surface area contributed by atoms with Gasteiger partial charge in [-0.1, -0.05) is 38.8 Å². The van der Waals surface area contributed by atoms with Crippen molar-refractivity contribution in [3.8, 4) is 0 Å². The maximum absolute atomic E-state index is 11.4. The van der Waals surface area contributed by atoms with Crippen LogP contribution in [0.3, 0.4) is 0 Å². The average molecular weight is 262 g/mol. The molecule has 1 heteroatoms. The highest BCUT2D eigenvalue weighted by Crippen LogP contribution is 2.60. The molecule has 2 rings (SSSR count). The van der Waals surface area contributed by atoms with Crippen LogP contribution in [0.15, 0.2) is 11.6 Å².